The van der Waals surface area contributed by atoms with Crippen molar-refractivity contribution in [1.29, 1.82) is 0 Å². The van der Waals surface area contributed by atoms with E-state index in [2.05, 4.69) is 26.1 Å². The minimum atomic E-state index is -2.12. The van der Waals surface area contributed by atoms with E-state index in [0.717, 1.165) is 0 Å². The van der Waals surface area contributed by atoms with E-state index in [1.165, 1.54) is 6.07 Å². The van der Waals surface area contributed by atoms with Crippen LogP contribution < -0.4 is 9.74 Å². The molecule has 0 aliphatic heterocycles. The lowest BCUT2D eigenvalue weighted by Gasteiger charge is -2.36. The number of benzene rings is 1. The van der Waals surface area contributed by atoms with Crippen LogP contribution in [0.3, 0.4) is 0 Å². The predicted octanol–water partition coefficient (Wildman–Crippen LogP) is 3.98. The summed E-state index contributed by atoms with van der Waals surface area (Å²) in [4.78, 5) is 10.5. The molecule has 0 unspecified atom stereocenters. The summed E-state index contributed by atoms with van der Waals surface area (Å²) in [7, 11) is -2.12. The van der Waals surface area contributed by atoms with E-state index in [0.29, 0.717) is 5.56 Å². The molecule has 0 aliphatic carbocycles. The molecule has 0 spiro atoms. The van der Waals surface area contributed by atoms with Gasteiger partial charge in [-0.25, -0.2) is 9.18 Å². The SMILES string of the molecule is CC(C)(C)[Si](C)(C)Oc1cc(CNC(=O)O)ccc1F. The van der Waals surface area contributed by atoms with Crippen molar-refractivity contribution in [3.05, 3.63) is 29.6 Å². The Kier molecular flexibility index (Phi) is 4.80. The van der Waals surface area contributed by atoms with Crippen LogP contribution in [0.1, 0.15) is 26.3 Å². The number of hydrogen-bond acceptors (Lipinski definition) is 2. The second kappa shape index (κ2) is 5.83. The normalized spacial score (nSPS) is 12.1. The summed E-state index contributed by atoms with van der Waals surface area (Å²) >= 11 is 0. The first-order valence-electron chi connectivity index (χ1n) is 6.47. The van der Waals surface area contributed by atoms with Crippen LogP contribution in [0.15, 0.2) is 18.2 Å². The lowest BCUT2D eigenvalue weighted by Crippen LogP contribution is -2.44. The minimum Gasteiger partial charge on any atom is -0.542 e. The van der Waals surface area contributed by atoms with Gasteiger partial charge in [-0.3, -0.25) is 0 Å². The van der Waals surface area contributed by atoms with Gasteiger partial charge in [0, 0.05) is 6.54 Å². The van der Waals surface area contributed by atoms with Gasteiger partial charge in [-0.2, -0.15) is 0 Å². The summed E-state index contributed by atoms with van der Waals surface area (Å²) in [6.07, 6.45) is -1.11. The van der Waals surface area contributed by atoms with E-state index < -0.39 is 20.2 Å². The zero-order valence-corrected chi connectivity index (χ0v) is 13.6. The van der Waals surface area contributed by atoms with Gasteiger partial charge in [0.1, 0.15) is 5.75 Å². The van der Waals surface area contributed by atoms with E-state index in [1.54, 1.807) is 12.1 Å². The van der Waals surface area contributed by atoms with Crippen LogP contribution in [0, 0.1) is 5.82 Å². The predicted molar refractivity (Wildman–Crippen MR) is 79.1 cm³/mol. The van der Waals surface area contributed by atoms with Gasteiger partial charge in [-0.15, -0.1) is 0 Å². The van der Waals surface area contributed by atoms with Crippen molar-refractivity contribution in [3.63, 3.8) is 0 Å². The number of carbonyl (C=O) groups is 1. The van der Waals surface area contributed by atoms with Crippen LogP contribution in [0.5, 0.6) is 5.75 Å². The zero-order valence-electron chi connectivity index (χ0n) is 12.6. The summed E-state index contributed by atoms with van der Waals surface area (Å²) in [5, 5.41) is 10.8. The average molecular weight is 299 g/mol. The van der Waals surface area contributed by atoms with E-state index in [1.807, 2.05) is 13.1 Å². The molecular formula is C14H22FNO3Si. The van der Waals surface area contributed by atoms with Crippen molar-refractivity contribution >= 4 is 14.4 Å². The largest absolute Gasteiger partial charge is 0.542 e. The van der Waals surface area contributed by atoms with E-state index in [9.17, 15) is 9.18 Å². The van der Waals surface area contributed by atoms with Gasteiger partial charge in [0.25, 0.3) is 8.32 Å². The van der Waals surface area contributed by atoms with Crippen LogP contribution in [0.25, 0.3) is 0 Å². The summed E-state index contributed by atoms with van der Waals surface area (Å²) in [6.45, 7) is 10.4. The smallest absolute Gasteiger partial charge is 0.404 e. The first-order valence-corrected chi connectivity index (χ1v) is 9.38. The lowest BCUT2D eigenvalue weighted by atomic mass is 10.2. The Morgan fingerprint density at radius 1 is 1.40 bits per heavy atom. The molecule has 0 radical (unpaired) electrons. The second-order valence-corrected chi connectivity index (χ2v) is 11.0. The van der Waals surface area contributed by atoms with Crippen LogP contribution in [0.2, 0.25) is 18.1 Å². The molecule has 6 heteroatoms. The van der Waals surface area contributed by atoms with Crippen molar-refractivity contribution in [2.45, 2.75) is 45.4 Å². The Labute approximate surface area is 120 Å². The molecule has 112 valence electrons. The molecule has 0 aliphatic rings. The third kappa shape index (κ3) is 4.23. The molecule has 1 aromatic rings. The molecular weight excluding hydrogens is 277 g/mol. The molecule has 1 amide bonds. The molecule has 2 N–H and O–H groups in total. The molecule has 1 aromatic carbocycles. The average Bonchev–Trinajstić information content (AvgIpc) is 2.28. The van der Waals surface area contributed by atoms with Crippen LogP contribution in [-0.4, -0.2) is 19.5 Å². The maximum Gasteiger partial charge on any atom is 0.404 e. The molecule has 4 nitrogen and oxygen atoms in total. The molecule has 0 bridgehead atoms. The van der Waals surface area contributed by atoms with E-state index in [4.69, 9.17) is 9.53 Å². The highest BCUT2D eigenvalue weighted by atomic mass is 28.4. The van der Waals surface area contributed by atoms with Crippen molar-refractivity contribution in [2.24, 2.45) is 0 Å². The highest BCUT2D eigenvalue weighted by Crippen LogP contribution is 2.38. The molecule has 0 fully saturated rings. The van der Waals surface area contributed by atoms with Crippen LogP contribution >= 0.6 is 0 Å². The van der Waals surface area contributed by atoms with Crippen molar-refractivity contribution in [2.75, 3.05) is 0 Å². The maximum atomic E-state index is 13.8. The number of hydrogen-bond donors (Lipinski definition) is 2. The first kappa shape index (κ1) is 16.5. The number of halogens is 1. The third-order valence-electron chi connectivity index (χ3n) is 3.61. The summed E-state index contributed by atoms with van der Waals surface area (Å²) < 4.78 is 19.8. The Morgan fingerprint density at radius 3 is 2.50 bits per heavy atom. The fraction of sp³-hybridized carbons (Fsp3) is 0.500. The van der Waals surface area contributed by atoms with Gasteiger partial charge < -0.3 is 14.8 Å². The zero-order chi connectivity index (χ0) is 15.6. The summed E-state index contributed by atoms with van der Waals surface area (Å²) in [6, 6.07) is 4.41. The minimum absolute atomic E-state index is 0.0330. The van der Waals surface area contributed by atoms with Gasteiger partial charge in [0.15, 0.2) is 5.82 Å². The third-order valence-corrected chi connectivity index (χ3v) is 7.95. The van der Waals surface area contributed by atoms with E-state index in [-0.39, 0.29) is 17.3 Å². The topological polar surface area (TPSA) is 58.6 Å². The number of nitrogens with one attached hydrogen (secondary N) is 1. The number of carboxylic acid groups (broad SMARTS) is 1. The fourth-order valence-corrected chi connectivity index (χ4v) is 2.35. The lowest BCUT2D eigenvalue weighted by molar-refractivity contribution is 0.194. The van der Waals surface area contributed by atoms with Crippen molar-refractivity contribution < 1.29 is 18.7 Å². The molecule has 0 aromatic heterocycles. The highest BCUT2D eigenvalue weighted by molar-refractivity contribution is 6.74. The molecule has 0 saturated carbocycles. The molecule has 0 saturated heterocycles. The Bertz CT molecular complexity index is 498. The molecule has 0 heterocycles. The number of rotatable bonds is 4. The monoisotopic (exact) mass is 299 g/mol. The van der Waals surface area contributed by atoms with Crippen LogP contribution in [-0.2, 0) is 6.54 Å². The Balaban J connectivity index is 2.95. The van der Waals surface area contributed by atoms with Crippen molar-refractivity contribution in [1.82, 2.24) is 5.32 Å². The Morgan fingerprint density at radius 2 is 2.00 bits per heavy atom. The standard InChI is InChI=1S/C14H22FNO3Si/c1-14(2,3)20(4,5)19-12-8-10(6-7-11(12)15)9-16-13(17)18/h6-8,16H,9H2,1-5H3,(H,17,18). The fourth-order valence-electron chi connectivity index (χ4n) is 1.34. The van der Waals surface area contributed by atoms with Crippen molar-refractivity contribution in [3.8, 4) is 5.75 Å². The second-order valence-electron chi connectivity index (χ2n) is 6.29. The van der Waals surface area contributed by atoms with E-state index >= 15 is 0 Å². The van der Waals surface area contributed by atoms with Gasteiger partial charge in [-0.1, -0.05) is 26.8 Å². The first-order chi connectivity index (χ1) is 9.03. The van der Waals surface area contributed by atoms with Gasteiger partial charge in [0.05, 0.1) is 0 Å². The highest BCUT2D eigenvalue weighted by Gasteiger charge is 2.39. The molecule has 1 rings (SSSR count). The number of amides is 1. The quantitative estimate of drug-likeness (QED) is 0.827. The van der Waals surface area contributed by atoms with Gasteiger partial charge >= 0.3 is 6.09 Å². The molecule has 20 heavy (non-hydrogen) atoms. The maximum absolute atomic E-state index is 13.8. The summed E-state index contributed by atoms with van der Waals surface area (Å²) in [5.74, 6) is -0.227. The molecule has 0 atom stereocenters. The Hall–Kier alpha value is -1.56. The van der Waals surface area contributed by atoms with Gasteiger partial charge in [-0.05, 0) is 35.8 Å². The summed E-state index contributed by atoms with van der Waals surface area (Å²) in [5.41, 5.74) is 0.669. The van der Waals surface area contributed by atoms with Gasteiger partial charge in [0.2, 0.25) is 0 Å². The van der Waals surface area contributed by atoms with Crippen LogP contribution in [0.4, 0.5) is 9.18 Å².